The summed E-state index contributed by atoms with van der Waals surface area (Å²) in [5, 5.41) is 3.36. The van der Waals surface area contributed by atoms with Crippen LogP contribution in [0.5, 0.6) is 5.75 Å². The van der Waals surface area contributed by atoms with E-state index in [0.29, 0.717) is 18.5 Å². The van der Waals surface area contributed by atoms with Gasteiger partial charge in [0, 0.05) is 11.9 Å². The SMILES string of the molecule is Cc1cccc(OC[C@@H](CCl)NC(C)C)c1. The molecule has 3 heteroatoms. The van der Waals surface area contributed by atoms with Gasteiger partial charge in [0.15, 0.2) is 0 Å². The summed E-state index contributed by atoms with van der Waals surface area (Å²) in [4.78, 5) is 0. The fraction of sp³-hybridized carbons (Fsp3) is 0.538. The maximum absolute atomic E-state index is 5.87. The molecule has 90 valence electrons. The van der Waals surface area contributed by atoms with Crippen molar-refractivity contribution in [3.05, 3.63) is 29.8 Å². The van der Waals surface area contributed by atoms with E-state index in [1.165, 1.54) is 5.56 Å². The topological polar surface area (TPSA) is 21.3 Å². The average Bonchev–Trinajstić information content (AvgIpc) is 2.24. The van der Waals surface area contributed by atoms with Gasteiger partial charge in [-0.2, -0.15) is 0 Å². The highest BCUT2D eigenvalue weighted by molar-refractivity contribution is 6.18. The molecule has 2 nitrogen and oxygen atoms in total. The lowest BCUT2D eigenvalue weighted by molar-refractivity contribution is 0.267. The van der Waals surface area contributed by atoms with Crippen molar-refractivity contribution in [1.29, 1.82) is 0 Å². The second kappa shape index (κ2) is 6.77. The number of aryl methyl sites for hydroxylation is 1. The Morgan fingerprint density at radius 1 is 1.38 bits per heavy atom. The van der Waals surface area contributed by atoms with Crippen LogP contribution in [0.15, 0.2) is 24.3 Å². The molecule has 0 aliphatic rings. The first-order chi connectivity index (χ1) is 7.61. The van der Waals surface area contributed by atoms with Gasteiger partial charge in [-0.25, -0.2) is 0 Å². The summed E-state index contributed by atoms with van der Waals surface area (Å²) in [7, 11) is 0. The van der Waals surface area contributed by atoms with Gasteiger partial charge in [0.05, 0.1) is 6.04 Å². The summed E-state index contributed by atoms with van der Waals surface area (Å²) in [5.41, 5.74) is 1.21. The predicted molar refractivity (Wildman–Crippen MR) is 69.5 cm³/mol. The molecular formula is C13H20ClNO. The molecule has 1 N–H and O–H groups in total. The zero-order valence-corrected chi connectivity index (χ0v) is 10.9. The summed E-state index contributed by atoms with van der Waals surface area (Å²) in [6, 6.07) is 8.66. The number of nitrogens with one attached hydrogen (secondary N) is 1. The summed E-state index contributed by atoms with van der Waals surface area (Å²) < 4.78 is 5.69. The number of rotatable bonds is 6. The average molecular weight is 242 g/mol. The number of ether oxygens (including phenoxy) is 1. The van der Waals surface area contributed by atoms with Gasteiger partial charge in [-0.15, -0.1) is 11.6 Å². The minimum absolute atomic E-state index is 0.196. The number of hydrogen-bond donors (Lipinski definition) is 1. The molecule has 0 aliphatic heterocycles. The lowest BCUT2D eigenvalue weighted by Gasteiger charge is -2.19. The molecule has 0 unspecified atom stereocenters. The highest BCUT2D eigenvalue weighted by atomic mass is 35.5. The molecule has 16 heavy (non-hydrogen) atoms. The fourth-order valence-electron chi connectivity index (χ4n) is 1.51. The Labute approximate surface area is 103 Å². The Balaban J connectivity index is 2.43. The minimum Gasteiger partial charge on any atom is -0.492 e. The van der Waals surface area contributed by atoms with Crippen molar-refractivity contribution in [2.24, 2.45) is 0 Å². The molecule has 0 saturated heterocycles. The van der Waals surface area contributed by atoms with Crippen molar-refractivity contribution in [1.82, 2.24) is 5.32 Å². The van der Waals surface area contributed by atoms with Crippen LogP contribution in [0, 0.1) is 6.92 Å². The normalized spacial score (nSPS) is 12.8. The quantitative estimate of drug-likeness (QED) is 0.774. The van der Waals surface area contributed by atoms with Crippen molar-refractivity contribution >= 4 is 11.6 Å². The van der Waals surface area contributed by atoms with Crippen molar-refractivity contribution in [2.75, 3.05) is 12.5 Å². The summed E-state index contributed by atoms with van der Waals surface area (Å²) in [6.07, 6.45) is 0. The highest BCUT2D eigenvalue weighted by Crippen LogP contribution is 2.12. The maximum Gasteiger partial charge on any atom is 0.119 e. The molecule has 0 spiro atoms. The first-order valence-electron chi connectivity index (χ1n) is 5.63. The molecule has 0 aliphatic carbocycles. The standard InChI is InChI=1S/C13H20ClNO/c1-10(2)15-12(8-14)9-16-13-6-4-5-11(3)7-13/h4-7,10,12,15H,8-9H2,1-3H3/t12-/m1/s1. The van der Waals surface area contributed by atoms with Gasteiger partial charge in [-0.05, 0) is 24.6 Å². The van der Waals surface area contributed by atoms with E-state index in [4.69, 9.17) is 16.3 Å². The van der Waals surface area contributed by atoms with Gasteiger partial charge in [0.25, 0.3) is 0 Å². The third-order valence-corrected chi connectivity index (χ3v) is 2.57. The molecule has 1 aromatic carbocycles. The minimum atomic E-state index is 0.196. The van der Waals surface area contributed by atoms with E-state index in [-0.39, 0.29) is 6.04 Å². The first-order valence-corrected chi connectivity index (χ1v) is 6.16. The molecule has 1 aromatic rings. The molecular weight excluding hydrogens is 222 g/mol. The largest absolute Gasteiger partial charge is 0.492 e. The van der Waals surface area contributed by atoms with Crippen LogP contribution in [-0.2, 0) is 0 Å². The third kappa shape index (κ3) is 4.86. The van der Waals surface area contributed by atoms with Crippen LogP contribution >= 0.6 is 11.6 Å². The van der Waals surface area contributed by atoms with Gasteiger partial charge in [-0.3, -0.25) is 0 Å². The Hall–Kier alpha value is -0.730. The van der Waals surface area contributed by atoms with Crippen LogP contribution in [0.4, 0.5) is 0 Å². The monoisotopic (exact) mass is 241 g/mol. The lowest BCUT2D eigenvalue weighted by atomic mass is 10.2. The van der Waals surface area contributed by atoms with Gasteiger partial charge < -0.3 is 10.1 Å². The van der Waals surface area contributed by atoms with Crippen LogP contribution in [-0.4, -0.2) is 24.6 Å². The first kappa shape index (κ1) is 13.3. The Kier molecular flexibility index (Phi) is 5.64. The van der Waals surface area contributed by atoms with Crippen molar-refractivity contribution in [2.45, 2.75) is 32.9 Å². The van der Waals surface area contributed by atoms with E-state index in [9.17, 15) is 0 Å². The Bertz CT molecular complexity index is 315. The Morgan fingerprint density at radius 2 is 2.12 bits per heavy atom. The summed E-state index contributed by atoms with van der Waals surface area (Å²) >= 11 is 5.87. The zero-order valence-electron chi connectivity index (χ0n) is 10.2. The molecule has 0 amide bonds. The third-order valence-electron chi connectivity index (χ3n) is 2.20. The molecule has 1 rings (SSSR count). The molecule has 0 fully saturated rings. The molecule has 0 aromatic heterocycles. The molecule has 1 atom stereocenters. The number of alkyl halides is 1. The van der Waals surface area contributed by atoms with Crippen LogP contribution < -0.4 is 10.1 Å². The zero-order chi connectivity index (χ0) is 12.0. The molecule has 0 radical (unpaired) electrons. The summed E-state index contributed by atoms with van der Waals surface area (Å²) in [5.74, 6) is 1.46. The van der Waals surface area contributed by atoms with Crippen LogP contribution in [0.1, 0.15) is 19.4 Å². The van der Waals surface area contributed by atoms with E-state index in [1.807, 2.05) is 18.2 Å². The second-order valence-corrected chi connectivity index (χ2v) is 4.61. The smallest absolute Gasteiger partial charge is 0.119 e. The van der Waals surface area contributed by atoms with Gasteiger partial charge in [-0.1, -0.05) is 26.0 Å². The fourth-order valence-corrected chi connectivity index (χ4v) is 1.69. The van der Waals surface area contributed by atoms with Crippen LogP contribution in [0.25, 0.3) is 0 Å². The number of hydrogen-bond acceptors (Lipinski definition) is 2. The van der Waals surface area contributed by atoms with E-state index in [0.717, 1.165) is 5.75 Å². The second-order valence-electron chi connectivity index (χ2n) is 4.30. The van der Waals surface area contributed by atoms with Crippen molar-refractivity contribution in [3.63, 3.8) is 0 Å². The van der Waals surface area contributed by atoms with E-state index in [1.54, 1.807) is 0 Å². The van der Waals surface area contributed by atoms with Crippen molar-refractivity contribution in [3.8, 4) is 5.75 Å². The predicted octanol–water partition coefficient (Wildman–Crippen LogP) is 2.98. The van der Waals surface area contributed by atoms with Crippen LogP contribution in [0.3, 0.4) is 0 Å². The summed E-state index contributed by atoms with van der Waals surface area (Å²) in [6.45, 7) is 6.86. The van der Waals surface area contributed by atoms with Gasteiger partial charge >= 0.3 is 0 Å². The number of benzene rings is 1. The molecule has 0 bridgehead atoms. The maximum atomic E-state index is 5.87. The van der Waals surface area contributed by atoms with Crippen molar-refractivity contribution < 1.29 is 4.74 Å². The van der Waals surface area contributed by atoms with Gasteiger partial charge in [0.1, 0.15) is 12.4 Å². The van der Waals surface area contributed by atoms with E-state index >= 15 is 0 Å². The lowest BCUT2D eigenvalue weighted by Crippen LogP contribution is -2.40. The molecule has 0 heterocycles. The van der Waals surface area contributed by atoms with Crippen LogP contribution in [0.2, 0.25) is 0 Å². The van der Waals surface area contributed by atoms with Gasteiger partial charge in [0.2, 0.25) is 0 Å². The van der Waals surface area contributed by atoms with E-state index in [2.05, 4.69) is 32.2 Å². The molecule has 0 saturated carbocycles. The highest BCUT2D eigenvalue weighted by Gasteiger charge is 2.09. The number of halogens is 1. The Morgan fingerprint density at radius 3 is 2.69 bits per heavy atom. The van der Waals surface area contributed by atoms with E-state index < -0.39 is 0 Å².